The topological polar surface area (TPSA) is 0 Å². The molecule has 0 bridgehead atoms. The van der Waals surface area contributed by atoms with Gasteiger partial charge in [-0.15, -0.1) is 0 Å². The summed E-state index contributed by atoms with van der Waals surface area (Å²) in [5.74, 6) is -0.313. The average Bonchev–Trinajstić information content (AvgIpc) is 2.72. The minimum absolute atomic E-state index is 0.268. The Bertz CT molecular complexity index is 895. The van der Waals surface area contributed by atoms with Crippen LogP contribution in [0.2, 0.25) is 5.02 Å². The van der Waals surface area contributed by atoms with Crippen molar-refractivity contribution in [3.63, 3.8) is 0 Å². The monoisotopic (exact) mass is 394 g/mol. The lowest BCUT2D eigenvalue weighted by molar-refractivity contribution is 0.627. The van der Waals surface area contributed by atoms with Crippen LogP contribution in [-0.2, 0) is 12.8 Å². The van der Waals surface area contributed by atoms with Crippen LogP contribution >= 0.6 is 11.6 Å². The van der Waals surface area contributed by atoms with Crippen molar-refractivity contribution in [2.45, 2.75) is 52.4 Å². The zero-order chi connectivity index (χ0) is 19.9. The number of aryl methyl sites for hydroxylation is 2. The van der Waals surface area contributed by atoms with Crippen molar-refractivity contribution in [1.29, 1.82) is 0 Å². The molecule has 0 atom stereocenters. The predicted molar refractivity (Wildman–Crippen MR) is 120 cm³/mol. The molecule has 0 aromatic heterocycles. The molecule has 0 heterocycles. The zero-order valence-corrected chi connectivity index (χ0v) is 17.5. The van der Waals surface area contributed by atoms with Gasteiger partial charge in [0.05, 0.1) is 5.02 Å². The number of benzene rings is 3. The molecule has 0 nitrogen and oxygen atoms in total. The molecule has 28 heavy (non-hydrogen) atoms. The number of hydrogen-bond donors (Lipinski definition) is 0. The molecular weight excluding hydrogens is 367 g/mol. The highest BCUT2D eigenvalue weighted by atomic mass is 35.5. The molecule has 0 radical (unpaired) electrons. The fraction of sp³-hybridized carbons (Fsp3) is 0.308. The van der Waals surface area contributed by atoms with E-state index in [-0.39, 0.29) is 10.8 Å². The first-order valence-corrected chi connectivity index (χ1v) is 10.7. The molecular formula is C26H28ClF. The molecule has 3 aromatic carbocycles. The van der Waals surface area contributed by atoms with Gasteiger partial charge in [0.25, 0.3) is 0 Å². The smallest absolute Gasteiger partial charge is 0.149 e. The lowest BCUT2D eigenvalue weighted by Crippen LogP contribution is -1.93. The zero-order valence-electron chi connectivity index (χ0n) is 16.8. The number of unbranched alkanes of at least 4 members (excludes halogenated alkanes) is 2. The van der Waals surface area contributed by atoms with E-state index in [2.05, 4.69) is 38.1 Å². The van der Waals surface area contributed by atoms with E-state index in [1.54, 1.807) is 0 Å². The summed E-state index contributed by atoms with van der Waals surface area (Å²) < 4.78 is 14.9. The van der Waals surface area contributed by atoms with Gasteiger partial charge in [-0.1, -0.05) is 105 Å². The molecule has 0 aliphatic rings. The summed E-state index contributed by atoms with van der Waals surface area (Å²) in [7, 11) is 0. The first kappa shape index (κ1) is 20.6. The molecule has 0 fully saturated rings. The van der Waals surface area contributed by atoms with Gasteiger partial charge in [0.2, 0.25) is 0 Å². The third kappa shape index (κ3) is 4.83. The molecule has 0 N–H and O–H groups in total. The van der Waals surface area contributed by atoms with E-state index in [0.29, 0.717) is 5.56 Å². The first-order valence-electron chi connectivity index (χ1n) is 10.3. The van der Waals surface area contributed by atoms with Crippen LogP contribution in [0.4, 0.5) is 4.39 Å². The van der Waals surface area contributed by atoms with E-state index >= 15 is 0 Å². The second-order valence-corrected chi connectivity index (χ2v) is 7.76. The molecule has 0 aliphatic carbocycles. The summed E-state index contributed by atoms with van der Waals surface area (Å²) in [4.78, 5) is 0. The van der Waals surface area contributed by atoms with Gasteiger partial charge in [0, 0.05) is 5.56 Å². The molecule has 0 saturated carbocycles. The Morgan fingerprint density at radius 2 is 1.29 bits per heavy atom. The fourth-order valence-corrected chi connectivity index (χ4v) is 3.82. The quantitative estimate of drug-likeness (QED) is 0.336. The van der Waals surface area contributed by atoms with Crippen LogP contribution in [0.25, 0.3) is 22.3 Å². The van der Waals surface area contributed by atoms with Gasteiger partial charge in [-0.2, -0.15) is 0 Å². The van der Waals surface area contributed by atoms with Crippen molar-refractivity contribution < 1.29 is 4.39 Å². The van der Waals surface area contributed by atoms with Gasteiger partial charge in [-0.3, -0.25) is 0 Å². The van der Waals surface area contributed by atoms with Crippen LogP contribution in [0.5, 0.6) is 0 Å². The van der Waals surface area contributed by atoms with Crippen molar-refractivity contribution in [3.8, 4) is 22.3 Å². The molecule has 146 valence electrons. The van der Waals surface area contributed by atoms with Crippen molar-refractivity contribution in [2.75, 3.05) is 0 Å². The van der Waals surface area contributed by atoms with Crippen molar-refractivity contribution >= 4 is 11.6 Å². The standard InChI is InChI=1S/C26H28ClF/c1-3-5-6-8-23-17-18-24(26(28)25(23)27)22-15-13-21(14-16-22)20-11-9-19(7-4-2)10-12-20/h9-18H,3-8H2,1-2H3. The van der Waals surface area contributed by atoms with E-state index in [1.165, 1.54) is 11.1 Å². The van der Waals surface area contributed by atoms with Crippen LogP contribution in [0.15, 0.2) is 60.7 Å². The van der Waals surface area contributed by atoms with Crippen LogP contribution in [-0.4, -0.2) is 0 Å². The lowest BCUT2D eigenvalue weighted by atomic mass is 9.97. The number of rotatable bonds is 8. The Morgan fingerprint density at radius 3 is 1.89 bits per heavy atom. The van der Waals surface area contributed by atoms with E-state index in [4.69, 9.17) is 11.6 Å². The van der Waals surface area contributed by atoms with Crippen molar-refractivity contribution in [2.24, 2.45) is 0 Å². The Labute approximate surface area is 173 Å². The molecule has 3 aromatic rings. The summed E-state index contributed by atoms with van der Waals surface area (Å²) in [6.07, 6.45) is 6.41. The summed E-state index contributed by atoms with van der Waals surface area (Å²) >= 11 is 6.32. The Morgan fingerprint density at radius 1 is 0.679 bits per heavy atom. The molecule has 0 aliphatic heterocycles. The van der Waals surface area contributed by atoms with Crippen LogP contribution in [0.1, 0.15) is 50.7 Å². The summed E-state index contributed by atoms with van der Waals surface area (Å²) in [6, 6.07) is 20.5. The number of hydrogen-bond acceptors (Lipinski definition) is 0. The van der Waals surface area contributed by atoms with Crippen LogP contribution in [0, 0.1) is 5.82 Å². The molecule has 0 spiro atoms. The first-order chi connectivity index (χ1) is 13.6. The SMILES string of the molecule is CCCCCc1ccc(-c2ccc(-c3ccc(CCC)cc3)cc2)c(F)c1Cl. The summed E-state index contributed by atoms with van der Waals surface area (Å²) in [5.41, 5.74) is 5.99. The fourth-order valence-electron chi connectivity index (χ4n) is 3.57. The third-order valence-electron chi connectivity index (χ3n) is 5.23. The maximum absolute atomic E-state index is 14.9. The molecule has 2 heteroatoms. The average molecular weight is 395 g/mol. The minimum Gasteiger partial charge on any atom is -0.205 e. The summed E-state index contributed by atoms with van der Waals surface area (Å²) in [6.45, 7) is 4.35. The minimum atomic E-state index is -0.313. The van der Waals surface area contributed by atoms with Gasteiger partial charge in [-0.25, -0.2) is 4.39 Å². The van der Waals surface area contributed by atoms with Crippen molar-refractivity contribution in [3.05, 3.63) is 82.6 Å². The normalized spacial score (nSPS) is 11.0. The lowest BCUT2D eigenvalue weighted by Gasteiger charge is -2.11. The molecule has 3 rings (SSSR count). The van der Waals surface area contributed by atoms with Gasteiger partial charge in [0.15, 0.2) is 0 Å². The molecule has 0 saturated heterocycles. The Hall–Kier alpha value is -2.12. The largest absolute Gasteiger partial charge is 0.205 e. The van der Waals surface area contributed by atoms with Crippen LogP contribution in [0.3, 0.4) is 0 Å². The molecule has 0 amide bonds. The second kappa shape index (κ2) is 9.89. The Kier molecular flexibility index (Phi) is 7.28. The highest BCUT2D eigenvalue weighted by Crippen LogP contribution is 2.32. The second-order valence-electron chi connectivity index (χ2n) is 7.38. The van der Waals surface area contributed by atoms with Gasteiger partial charge < -0.3 is 0 Å². The highest BCUT2D eigenvalue weighted by Gasteiger charge is 2.13. The maximum atomic E-state index is 14.9. The van der Waals surface area contributed by atoms with Gasteiger partial charge in [0.1, 0.15) is 5.82 Å². The van der Waals surface area contributed by atoms with E-state index in [1.807, 2.05) is 36.4 Å². The maximum Gasteiger partial charge on any atom is 0.149 e. The van der Waals surface area contributed by atoms with Crippen LogP contribution < -0.4 is 0 Å². The highest BCUT2D eigenvalue weighted by molar-refractivity contribution is 6.31. The van der Waals surface area contributed by atoms with E-state index < -0.39 is 0 Å². The predicted octanol–water partition coefficient (Wildman–Crippen LogP) is 8.50. The molecule has 0 unspecified atom stereocenters. The van der Waals surface area contributed by atoms with E-state index in [9.17, 15) is 4.39 Å². The Balaban J connectivity index is 1.80. The van der Waals surface area contributed by atoms with Gasteiger partial charge >= 0.3 is 0 Å². The third-order valence-corrected chi connectivity index (χ3v) is 5.64. The van der Waals surface area contributed by atoms with Crippen molar-refractivity contribution in [1.82, 2.24) is 0 Å². The van der Waals surface area contributed by atoms with E-state index in [0.717, 1.165) is 55.2 Å². The van der Waals surface area contributed by atoms with Gasteiger partial charge in [-0.05, 0) is 47.1 Å². The number of halogens is 2. The summed E-state index contributed by atoms with van der Waals surface area (Å²) in [5, 5.41) is 0.268.